The van der Waals surface area contributed by atoms with Crippen LogP contribution in [0.15, 0.2) is 18.2 Å². The van der Waals surface area contributed by atoms with Crippen molar-refractivity contribution in [3.8, 4) is 5.75 Å². The summed E-state index contributed by atoms with van der Waals surface area (Å²) in [5.41, 5.74) is 1.34. The topological polar surface area (TPSA) is 61.4 Å². The third kappa shape index (κ3) is 2.90. The van der Waals surface area contributed by atoms with E-state index in [1.807, 2.05) is 0 Å². The van der Waals surface area contributed by atoms with Crippen LogP contribution in [0.3, 0.4) is 0 Å². The first-order chi connectivity index (χ1) is 8.16. The highest BCUT2D eigenvalue weighted by molar-refractivity contribution is 5.90. The molecule has 0 heterocycles. The number of hydrogen-bond acceptors (Lipinski definition) is 2. The van der Waals surface area contributed by atoms with E-state index in [2.05, 4.69) is 10.6 Å². The summed E-state index contributed by atoms with van der Waals surface area (Å²) >= 11 is 0. The average molecular weight is 234 g/mol. The number of aromatic hydroxyl groups is 1. The lowest BCUT2D eigenvalue weighted by molar-refractivity contribution is 0.248. The second kappa shape index (κ2) is 5.08. The summed E-state index contributed by atoms with van der Waals surface area (Å²) in [6, 6.07) is 5.21. The second-order valence-electron chi connectivity index (χ2n) is 4.53. The summed E-state index contributed by atoms with van der Waals surface area (Å²) in [7, 11) is 0. The Bertz CT molecular complexity index is 412. The van der Waals surface area contributed by atoms with E-state index in [0.29, 0.717) is 17.3 Å². The molecule has 0 aromatic heterocycles. The third-order valence-corrected chi connectivity index (χ3v) is 3.24. The van der Waals surface area contributed by atoms with Crippen molar-refractivity contribution in [2.45, 2.75) is 38.6 Å². The molecule has 0 bridgehead atoms. The molecular formula is C13H18N2O2. The average Bonchev–Trinajstić information content (AvgIpc) is 2.77. The van der Waals surface area contributed by atoms with Crippen LogP contribution in [-0.4, -0.2) is 17.2 Å². The number of rotatable bonds is 2. The molecule has 0 aliphatic heterocycles. The molecule has 0 radical (unpaired) electrons. The Kier molecular flexibility index (Phi) is 3.52. The van der Waals surface area contributed by atoms with Crippen molar-refractivity contribution in [2.24, 2.45) is 0 Å². The molecule has 2 amide bonds. The molecule has 1 aromatic carbocycles. The number of hydrogen-bond donors (Lipinski definition) is 3. The van der Waals surface area contributed by atoms with Gasteiger partial charge < -0.3 is 15.7 Å². The number of anilines is 1. The Morgan fingerprint density at radius 1 is 1.35 bits per heavy atom. The molecule has 1 aliphatic carbocycles. The van der Waals surface area contributed by atoms with Gasteiger partial charge in [-0.1, -0.05) is 18.9 Å². The van der Waals surface area contributed by atoms with Crippen LogP contribution in [-0.2, 0) is 0 Å². The lowest BCUT2D eigenvalue weighted by Crippen LogP contribution is -2.36. The zero-order valence-electron chi connectivity index (χ0n) is 9.99. The number of amides is 2. The molecule has 2 rings (SSSR count). The van der Waals surface area contributed by atoms with E-state index >= 15 is 0 Å². The molecule has 1 fully saturated rings. The van der Waals surface area contributed by atoms with Crippen LogP contribution >= 0.6 is 0 Å². The van der Waals surface area contributed by atoms with Gasteiger partial charge in [-0.2, -0.15) is 0 Å². The quantitative estimate of drug-likeness (QED) is 0.736. The van der Waals surface area contributed by atoms with Gasteiger partial charge >= 0.3 is 6.03 Å². The Morgan fingerprint density at radius 2 is 2.06 bits per heavy atom. The fraction of sp³-hybridized carbons (Fsp3) is 0.462. The van der Waals surface area contributed by atoms with Gasteiger partial charge in [0.2, 0.25) is 0 Å². The van der Waals surface area contributed by atoms with E-state index in [4.69, 9.17) is 0 Å². The summed E-state index contributed by atoms with van der Waals surface area (Å²) < 4.78 is 0. The Balaban J connectivity index is 1.95. The van der Waals surface area contributed by atoms with Gasteiger partial charge in [0, 0.05) is 17.3 Å². The molecule has 17 heavy (non-hydrogen) atoms. The van der Waals surface area contributed by atoms with Gasteiger partial charge in [0.15, 0.2) is 0 Å². The van der Waals surface area contributed by atoms with Crippen molar-refractivity contribution in [2.75, 3.05) is 5.32 Å². The minimum Gasteiger partial charge on any atom is -0.508 e. The van der Waals surface area contributed by atoms with Crippen molar-refractivity contribution in [1.29, 1.82) is 0 Å². The van der Waals surface area contributed by atoms with Crippen LogP contribution in [0.25, 0.3) is 0 Å². The van der Waals surface area contributed by atoms with E-state index in [9.17, 15) is 9.90 Å². The minimum atomic E-state index is -0.189. The van der Waals surface area contributed by atoms with Crippen molar-refractivity contribution in [3.05, 3.63) is 23.8 Å². The van der Waals surface area contributed by atoms with E-state index in [1.54, 1.807) is 25.1 Å². The standard InChI is InChI=1S/C13H18N2O2/c1-9-11(7-4-8-12(9)16)15-13(17)14-10-5-2-3-6-10/h4,7-8,10,16H,2-3,5-6H2,1H3,(H2,14,15,17). The molecule has 0 atom stereocenters. The summed E-state index contributed by atoms with van der Waals surface area (Å²) in [4.78, 5) is 11.7. The fourth-order valence-corrected chi connectivity index (χ4v) is 2.17. The van der Waals surface area contributed by atoms with Gasteiger partial charge in [0.1, 0.15) is 5.75 Å². The number of urea groups is 1. The van der Waals surface area contributed by atoms with Crippen molar-refractivity contribution < 1.29 is 9.90 Å². The first-order valence-electron chi connectivity index (χ1n) is 6.03. The van der Waals surface area contributed by atoms with E-state index in [-0.39, 0.29) is 11.8 Å². The highest BCUT2D eigenvalue weighted by Gasteiger charge is 2.17. The highest BCUT2D eigenvalue weighted by atomic mass is 16.3. The normalized spacial score (nSPS) is 15.8. The number of nitrogens with one attached hydrogen (secondary N) is 2. The van der Waals surface area contributed by atoms with Crippen LogP contribution in [0.1, 0.15) is 31.2 Å². The van der Waals surface area contributed by atoms with Gasteiger partial charge in [0.25, 0.3) is 0 Å². The van der Waals surface area contributed by atoms with Crippen molar-refractivity contribution >= 4 is 11.7 Å². The van der Waals surface area contributed by atoms with Crippen LogP contribution in [0.4, 0.5) is 10.5 Å². The summed E-state index contributed by atoms with van der Waals surface area (Å²) in [6.45, 7) is 1.78. The summed E-state index contributed by atoms with van der Waals surface area (Å²) in [5.74, 6) is 0.198. The minimum absolute atomic E-state index is 0.189. The predicted molar refractivity (Wildman–Crippen MR) is 67.3 cm³/mol. The van der Waals surface area contributed by atoms with Gasteiger partial charge in [-0.25, -0.2) is 4.79 Å². The molecule has 1 aliphatic rings. The Labute approximate surface area is 101 Å². The monoisotopic (exact) mass is 234 g/mol. The van der Waals surface area contributed by atoms with Gasteiger partial charge in [0.05, 0.1) is 0 Å². The number of phenolic OH excluding ortho intramolecular Hbond substituents is 1. The molecule has 1 aromatic rings. The lowest BCUT2D eigenvalue weighted by atomic mass is 10.2. The van der Waals surface area contributed by atoms with Crippen LogP contribution < -0.4 is 10.6 Å². The SMILES string of the molecule is Cc1c(O)cccc1NC(=O)NC1CCCC1. The molecular weight excluding hydrogens is 216 g/mol. The summed E-state index contributed by atoms with van der Waals surface area (Å²) in [6.07, 6.45) is 4.51. The molecule has 3 N–H and O–H groups in total. The van der Waals surface area contributed by atoms with Crippen molar-refractivity contribution in [1.82, 2.24) is 5.32 Å². The maximum absolute atomic E-state index is 11.7. The maximum atomic E-state index is 11.7. The Morgan fingerprint density at radius 3 is 2.76 bits per heavy atom. The summed E-state index contributed by atoms with van der Waals surface area (Å²) in [5, 5.41) is 15.2. The highest BCUT2D eigenvalue weighted by Crippen LogP contribution is 2.24. The largest absolute Gasteiger partial charge is 0.508 e. The van der Waals surface area contributed by atoms with Gasteiger partial charge in [-0.05, 0) is 31.9 Å². The smallest absolute Gasteiger partial charge is 0.319 e. The molecule has 0 saturated heterocycles. The maximum Gasteiger partial charge on any atom is 0.319 e. The predicted octanol–water partition coefficient (Wildman–Crippen LogP) is 2.76. The van der Waals surface area contributed by atoms with E-state index in [1.165, 1.54) is 12.8 Å². The van der Waals surface area contributed by atoms with Crippen LogP contribution in [0.5, 0.6) is 5.75 Å². The molecule has 1 saturated carbocycles. The fourth-order valence-electron chi connectivity index (χ4n) is 2.17. The third-order valence-electron chi connectivity index (χ3n) is 3.24. The van der Waals surface area contributed by atoms with Crippen molar-refractivity contribution in [3.63, 3.8) is 0 Å². The van der Waals surface area contributed by atoms with Gasteiger partial charge in [-0.15, -0.1) is 0 Å². The molecule has 4 heteroatoms. The number of phenols is 1. The molecule has 0 unspecified atom stereocenters. The van der Waals surface area contributed by atoms with Gasteiger partial charge in [-0.3, -0.25) is 0 Å². The first kappa shape index (κ1) is 11.8. The van der Waals surface area contributed by atoms with E-state index < -0.39 is 0 Å². The Hall–Kier alpha value is -1.71. The molecule has 92 valence electrons. The zero-order chi connectivity index (χ0) is 12.3. The number of carbonyl (C=O) groups is 1. The lowest BCUT2D eigenvalue weighted by Gasteiger charge is -2.14. The molecule has 4 nitrogen and oxygen atoms in total. The zero-order valence-corrected chi connectivity index (χ0v) is 9.99. The second-order valence-corrected chi connectivity index (χ2v) is 4.53. The number of benzene rings is 1. The number of carbonyl (C=O) groups excluding carboxylic acids is 1. The molecule has 0 spiro atoms. The van der Waals surface area contributed by atoms with Crippen LogP contribution in [0, 0.1) is 6.92 Å². The van der Waals surface area contributed by atoms with E-state index in [0.717, 1.165) is 12.8 Å². The first-order valence-corrected chi connectivity index (χ1v) is 6.03. The van der Waals surface area contributed by atoms with Crippen LogP contribution in [0.2, 0.25) is 0 Å².